The molecule has 3 rings (SSSR count). The van der Waals surface area contributed by atoms with Crippen molar-refractivity contribution in [2.75, 3.05) is 18.8 Å². The minimum atomic E-state index is -4.72. The lowest BCUT2D eigenvalue weighted by molar-refractivity contribution is -0.137. The molecule has 0 fully saturated rings. The number of anilines is 1. The summed E-state index contributed by atoms with van der Waals surface area (Å²) < 4.78 is 70.6. The van der Waals surface area contributed by atoms with Crippen LogP contribution in [0.2, 0.25) is 0 Å². The van der Waals surface area contributed by atoms with Gasteiger partial charge in [-0.3, -0.25) is 4.68 Å². The van der Waals surface area contributed by atoms with E-state index in [9.17, 15) is 21.9 Å². The molecule has 0 amide bonds. The zero-order chi connectivity index (χ0) is 28.8. The van der Waals surface area contributed by atoms with Crippen molar-refractivity contribution in [1.29, 1.82) is 0 Å². The Bertz CT molecular complexity index is 1270. The van der Waals surface area contributed by atoms with E-state index >= 15 is 0 Å². The standard InChI is InChI=1S/C25H31F3N4O2S.C3H8/c1-16(2)12-23-24(17(3)32(6)29-23)30-35(33,34)20-10-11-21(22(14-20)25(26,27)28)19-9-7-8-18(13-19)15-31(4)5;1-3-2/h7-11,13-14,16H,12,15H2,1-6H3,(H-,30,33,34);3H2,1-2H3/p+1. The van der Waals surface area contributed by atoms with Gasteiger partial charge in [-0.2, -0.15) is 27.5 Å². The molecule has 210 valence electrons. The van der Waals surface area contributed by atoms with Crippen molar-refractivity contribution in [3.05, 3.63) is 65.0 Å². The van der Waals surface area contributed by atoms with Crippen LogP contribution in [0, 0.1) is 12.8 Å². The summed E-state index contributed by atoms with van der Waals surface area (Å²) in [4.78, 5) is 1.57. The smallest absolute Gasteiger partial charge is 0.305 e. The van der Waals surface area contributed by atoms with Crippen LogP contribution in [0.4, 0.5) is 18.9 Å². The molecule has 0 saturated heterocycles. The molecule has 0 spiro atoms. The van der Waals surface area contributed by atoms with Crippen molar-refractivity contribution < 1.29 is 21.9 Å². The van der Waals surface area contributed by atoms with Gasteiger partial charge in [-0.05, 0) is 72.5 Å². The fourth-order valence-corrected chi connectivity index (χ4v) is 5.11. The molecule has 2 N–H and O–H groups in total. The average Bonchev–Trinajstić information content (AvgIpc) is 3.05. The second kappa shape index (κ2) is 12.9. The summed E-state index contributed by atoms with van der Waals surface area (Å²) in [5.41, 5.74) is 1.81. The van der Waals surface area contributed by atoms with E-state index in [1.54, 1.807) is 36.9 Å². The largest absolute Gasteiger partial charge is 0.417 e. The molecule has 10 heteroatoms. The number of alkyl halides is 3. The molecule has 0 aliphatic rings. The van der Waals surface area contributed by atoms with E-state index in [4.69, 9.17) is 0 Å². The summed E-state index contributed by atoms with van der Waals surface area (Å²) in [7, 11) is 1.42. The van der Waals surface area contributed by atoms with E-state index < -0.39 is 22.1 Å². The van der Waals surface area contributed by atoms with E-state index in [1.165, 1.54) is 18.6 Å². The Morgan fingerprint density at radius 3 is 2.32 bits per heavy atom. The van der Waals surface area contributed by atoms with Gasteiger partial charge in [0.25, 0.3) is 0 Å². The molecular formula is C28H40F3N4O2S+. The predicted molar refractivity (Wildman–Crippen MR) is 149 cm³/mol. The zero-order valence-electron chi connectivity index (χ0n) is 23.5. The normalized spacial score (nSPS) is 13.3. The molecule has 38 heavy (non-hydrogen) atoms. The van der Waals surface area contributed by atoms with Crippen molar-refractivity contribution in [3.63, 3.8) is 0 Å². The SMILES string of the molecule is CCC.Cc1c(N[S+](=O)(O)c2ccc(-c3cccc(CN(C)C)c3)c(C(F)(F)F)c2)c(CC(C)C)nn1C. The van der Waals surface area contributed by atoms with E-state index in [1.807, 2.05) is 38.9 Å². The number of hydrogen-bond acceptors (Lipinski definition) is 3. The fraction of sp³-hybridized carbons (Fsp3) is 0.464. The molecule has 3 aromatic rings. The van der Waals surface area contributed by atoms with E-state index in [-0.39, 0.29) is 16.4 Å². The van der Waals surface area contributed by atoms with Crippen molar-refractivity contribution >= 4 is 16.1 Å². The van der Waals surface area contributed by atoms with Crippen LogP contribution in [0.1, 0.15) is 56.6 Å². The first-order valence-electron chi connectivity index (χ1n) is 12.6. The number of aromatic nitrogens is 2. The van der Waals surface area contributed by atoms with E-state index in [0.29, 0.717) is 35.6 Å². The van der Waals surface area contributed by atoms with Crippen molar-refractivity contribution in [2.45, 2.75) is 65.1 Å². The predicted octanol–water partition coefficient (Wildman–Crippen LogP) is 7.45. The van der Waals surface area contributed by atoms with Crippen LogP contribution < -0.4 is 4.72 Å². The Kier molecular flexibility index (Phi) is 10.7. The lowest BCUT2D eigenvalue weighted by Crippen LogP contribution is -2.23. The van der Waals surface area contributed by atoms with Gasteiger partial charge in [0.15, 0.2) is 0 Å². The summed E-state index contributed by atoms with van der Waals surface area (Å²) in [6, 6.07) is 10.2. The molecule has 0 radical (unpaired) electrons. The molecule has 1 aromatic heterocycles. The van der Waals surface area contributed by atoms with Gasteiger partial charge in [-0.25, -0.2) is 0 Å². The number of halogens is 3. The molecule has 1 atom stereocenters. The molecule has 0 saturated carbocycles. The third-order valence-corrected chi connectivity index (χ3v) is 6.97. The van der Waals surface area contributed by atoms with Gasteiger partial charge in [0.05, 0.1) is 17.0 Å². The van der Waals surface area contributed by atoms with E-state index in [0.717, 1.165) is 11.6 Å². The van der Waals surface area contributed by atoms with Gasteiger partial charge < -0.3 is 4.90 Å². The lowest BCUT2D eigenvalue weighted by atomic mass is 9.97. The third-order valence-electron chi connectivity index (χ3n) is 5.60. The van der Waals surface area contributed by atoms with Gasteiger partial charge >= 0.3 is 16.6 Å². The molecule has 2 aromatic carbocycles. The summed E-state index contributed by atoms with van der Waals surface area (Å²) in [5, 5.41) is 4.40. The minimum Gasteiger partial charge on any atom is -0.305 e. The van der Waals surface area contributed by atoms with Crippen LogP contribution >= 0.6 is 0 Å². The van der Waals surface area contributed by atoms with Gasteiger partial charge in [0.2, 0.25) is 4.90 Å². The number of aryl methyl sites for hydroxylation is 1. The summed E-state index contributed by atoms with van der Waals surface area (Å²) >= 11 is 0. The Morgan fingerprint density at radius 1 is 1.13 bits per heavy atom. The number of benzene rings is 2. The van der Waals surface area contributed by atoms with Gasteiger partial charge in [-0.1, -0.05) is 52.3 Å². The highest BCUT2D eigenvalue weighted by atomic mass is 32.3. The first-order chi connectivity index (χ1) is 17.6. The molecule has 6 nitrogen and oxygen atoms in total. The fourth-order valence-electron chi connectivity index (χ4n) is 3.92. The van der Waals surface area contributed by atoms with E-state index in [2.05, 4.69) is 23.7 Å². The van der Waals surface area contributed by atoms with Crippen molar-refractivity contribution in [3.8, 4) is 11.1 Å². The van der Waals surface area contributed by atoms with Crippen LogP contribution in [0.5, 0.6) is 0 Å². The monoisotopic (exact) mass is 553 g/mol. The highest BCUT2D eigenvalue weighted by molar-refractivity contribution is 7.99. The zero-order valence-corrected chi connectivity index (χ0v) is 24.3. The van der Waals surface area contributed by atoms with Crippen molar-refractivity contribution in [2.24, 2.45) is 13.0 Å². The Balaban J connectivity index is 0.00000161. The van der Waals surface area contributed by atoms with Crippen LogP contribution in [0.3, 0.4) is 0 Å². The number of rotatable bonds is 8. The van der Waals surface area contributed by atoms with Gasteiger partial charge in [0.1, 0.15) is 5.69 Å². The number of nitrogens with zero attached hydrogens (tertiary/aromatic N) is 3. The second-order valence-corrected chi connectivity index (χ2v) is 11.8. The van der Waals surface area contributed by atoms with Crippen LogP contribution in [-0.4, -0.2) is 33.3 Å². The van der Waals surface area contributed by atoms with Crippen molar-refractivity contribution in [1.82, 2.24) is 14.7 Å². The quantitative estimate of drug-likeness (QED) is 0.284. The average molecular weight is 554 g/mol. The third kappa shape index (κ3) is 8.15. The number of hydrogen-bond donors (Lipinski definition) is 2. The summed E-state index contributed by atoms with van der Waals surface area (Å²) in [6.45, 7) is 10.5. The first-order valence-corrected chi connectivity index (χ1v) is 14.1. The summed E-state index contributed by atoms with van der Waals surface area (Å²) in [5.74, 6) is 0.235. The van der Waals surface area contributed by atoms with Crippen LogP contribution in [-0.2, 0) is 40.8 Å². The first kappa shape index (κ1) is 31.5. The Hall–Kier alpha value is -2.69. The molecule has 1 unspecified atom stereocenters. The lowest BCUT2D eigenvalue weighted by Gasteiger charge is -2.16. The van der Waals surface area contributed by atoms with Crippen LogP contribution in [0.25, 0.3) is 11.1 Å². The maximum atomic E-state index is 14.1. The van der Waals surface area contributed by atoms with Gasteiger partial charge in [0, 0.05) is 19.7 Å². The highest BCUT2D eigenvalue weighted by Gasteiger charge is 2.39. The van der Waals surface area contributed by atoms with Gasteiger partial charge in [-0.15, -0.1) is 0 Å². The maximum absolute atomic E-state index is 14.1. The Labute approximate surface area is 225 Å². The number of nitrogens with one attached hydrogen (secondary N) is 1. The summed E-state index contributed by atoms with van der Waals surface area (Å²) in [6.07, 6.45) is -2.92. The Morgan fingerprint density at radius 2 is 1.76 bits per heavy atom. The highest BCUT2D eigenvalue weighted by Crippen LogP contribution is 2.40. The molecular weight excluding hydrogens is 513 g/mol. The second-order valence-electron chi connectivity index (χ2n) is 10.1. The topological polar surface area (TPSA) is 70.4 Å². The van der Waals surface area contributed by atoms with Crippen LogP contribution in [0.15, 0.2) is 47.4 Å². The molecule has 0 aliphatic heterocycles. The minimum absolute atomic E-state index is 0.0462. The molecule has 1 heterocycles. The maximum Gasteiger partial charge on any atom is 0.417 e. The molecule has 0 bridgehead atoms. The molecule has 0 aliphatic carbocycles.